The molecular weight excluding hydrogens is 190 g/mol. The van der Waals surface area contributed by atoms with E-state index in [-0.39, 0.29) is 5.91 Å². The molecule has 1 aliphatic rings. The molecule has 88 valence electrons. The zero-order chi connectivity index (χ0) is 11.3. The van der Waals surface area contributed by atoms with Crippen LogP contribution in [0.2, 0.25) is 0 Å². The molecular formula is C11H23N3O. The van der Waals surface area contributed by atoms with Crippen LogP contribution in [0.1, 0.15) is 32.6 Å². The lowest BCUT2D eigenvalue weighted by atomic mass is 10.2. The molecule has 1 fully saturated rings. The molecule has 1 amide bonds. The Morgan fingerprint density at radius 1 is 1.53 bits per heavy atom. The first-order valence-corrected chi connectivity index (χ1v) is 5.81. The molecule has 2 unspecified atom stereocenters. The molecule has 4 heteroatoms. The first-order valence-electron chi connectivity index (χ1n) is 5.81. The van der Waals surface area contributed by atoms with Gasteiger partial charge in [0, 0.05) is 25.0 Å². The Morgan fingerprint density at radius 3 is 2.80 bits per heavy atom. The van der Waals surface area contributed by atoms with Gasteiger partial charge >= 0.3 is 0 Å². The predicted molar refractivity (Wildman–Crippen MR) is 61.5 cm³/mol. The van der Waals surface area contributed by atoms with Gasteiger partial charge in [0.15, 0.2) is 0 Å². The van der Waals surface area contributed by atoms with Crippen molar-refractivity contribution in [2.24, 2.45) is 5.73 Å². The fourth-order valence-corrected chi connectivity index (χ4v) is 2.07. The molecule has 0 aromatic heterocycles. The number of carbonyl (C=O) groups excluding carboxylic acids is 1. The summed E-state index contributed by atoms with van der Waals surface area (Å²) in [5.41, 5.74) is 5.07. The molecule has 0 aromatic carbocycles. The van der Waals surface area contributed by atoms with Crippen LogP contribution in [0, 0.1) is 0 Å². The minimum Gasteiger partial charge on any atom is -0.370 e. The molecule has 15 heavy (non-hydrogen) atoms. The summed E-state index contributed by atoms with van der Waals surface area (Å²) in [4.78, 5) is 12.9. The van der Waals surface area contributed by atoms with Gasteiger partial charge < -0.3 is 16.0 Å². The molecule has 1 heterocycles. The number of rotatable bonds is 6. The van der Waals surface area contributed by atoms with Crippen molar-refractivity contribution >= 4 is 5.91 Å². The standard InChI is InChI=1S/C11H23N3O/c1-9-7-10(8-14(9)2)13-6-4-3-5-11(12)15/h9-10,13H,3-8H2,1-2H3,(H2,12,15). The van der Waals surface area contributed by atoms with Crippen LogP contribution >= 0.6 is 0 Å². The van der Waals surface area contributed by atoms with E-state index in [0.717, 1.165) is 25.9 Å². The third-order valence-corrected chi connectivity index (χ3v) is 3.17. The number of likely N-dealkylation sites (N-methyl/N-ethyl adjacent to an activating group) is 1. The second kappa shape index (κ2) is 6.08. The van der Waals surface area contributed by atoms with E-state index in [1.165, 1.54) is 6.42 Å². The van der Waals surface area contributed by atoms with Crippen molar-refractivity contribution in [3.8, 4) is 0 Å². The summed E-state index contributed by atoms with van der Waals surface area (Å²) < 4.78 is 0. The van der Waals surface area contributed by atoms with Gasteiger partial charge in [-0.05, 0) is 39.8 Å². The highest BCUT2D eigenvalue weighted by Gasteiger charge is 2.24. The molecule has 0 spiro atoms. The smallest absolute Gasteiger partial charge is 0.217 e. The summed E-state index contributed by atoms with van der Waals surface area (Å²) in [7, 11) is 2.17. The number of hydrogen-bond acceptors (Lipinski definition) is 3. The van der Waals surface area contributed by atoms with Gasteiger partial charge in [-0.3, -0.25) is 4.79 Å². The van der Waals surface area contributed by atoms with E-state index in [9.17, 15) is 4.79 Å². The third-order valence-electron chi connectivity index (χ3n) is 3.17. The summed E-state index contributed by atoms with van der Waals surface area (Å²) in [6, 6.07) is 1.31. The van der Waals surface area contributed by atoms with E-state index in [4.69, 9.17) is 5.73 Å². The summed E-state index contributed by atoms with van der Waals surface area (Å²) in [5, 5.41) is 3.52. The Balaban J connectivity index is 1.99. The molecule has 3 N–H and O–H groups in total. The quantitative estimate of drug-likeness (QED) is 0.625. The van der Waals surface area contributed by atoms with Crippen LogP contribution in [-0.2, 0) is 4.79 Å². The first-order chi connectivity index (χ1) is 7.09. The lowest BCUT2D eigenvalue weighted by Crippen LogP contribution is -2.32. The fraction of sp³-hybridized carbons (Fsp3) is 0.909. The van der Waals surface area contributed by atoms with Crippen molar-refractivity contribution < 1.29 is 4.79 Å². The Labute approximate surface area is 92.2 Å². The molecule has 0 aliphatic carbocycles. The largest absolute Gasteiger partial charge is 0.370 e. The number of nitrogens with one attached hydrogen (secondary N) is 1. The topological polar surface area (TPSA) is 58.4 Å². The zero-order valence-corrected chi connectivity index (χ0v) is 9.83. The van der Waals surface area contributed by atoms with Gasteiger partial charge in [0.05, 0.1) is 0 Å². The number of nitrogens with two attached hydrogens (primary N) is 1. The molecule has 0 aromatic rings. The molecule has 1 rings (SSSR count). The highest BCUT2D eigenvalue weighted by molar-refractivity contribution is 5.73. The summed E-state index contributed by atoms with van der Waals surface area (Å²) in [6.45, 7) is 4.39. The minimum atomic E-state index is -0.191. The van der Waals surface area contributed by atoms with Gasteiger partial charge in [-0.15, -0.1) is 0 Å². The van der Waals surface area contributed by atoms with Crippen molar-refractivity contribution in [1.82, 2.24) is 10.2 Å². The van der Waals surface area contributed by atoms with Crippen LogP contribution in [0.4, 0.5) is 0 Å². The monoisotopic (exact) mass is 213 g/mol. The van der Waals surface area contributed by atoms with Crippen molar-refractivity contribution in [2.45, 2.75) is 44.7 Å². The van der Waals surface area contributed by atoms with Crippen LogP contribution in [-0.4, -0.2) is 43.0 Å². The second-order valence-electron chi connectivity index (χ2n) is 4.60. The highest BCUT2D eigenvalue weighted by Crippen LogP contribution is 2.14. The molecule has 0 bridgehead atoms. The molecule has 4 nitrogen and oxygen atoms in total. The number of carbonyl (C=O) groups is 1. The van der Waals surface area contributed by atoms with Crippen molar-refractivity contribution in [3.63, 3.8) is 0 Å². The number of nitrogens with zero attached hydrogens (tertiary/aromatic N) is 1. The number of hydrogen-bond donors (Lipinski definition) is 2. The Hall–Kier alpha value is -0.610. The van der Waals surface area contributed by atoms with Crippen LogP contribution in [0.3, 0.4) is 0 Å². The van der Waals surface area contributed by atoms with E-state index in [1.54, 1.807) is 0 Å². The second-order valence-corrected chi connectivity index (χ2v) is 4.60. The third kappa shape index (κ3) is 4.62. The van der Waals surface area contributed by atoms with E-state index in [2.05, 4.69) is 24.2 Å². The van der Waals surface area contributed by atoms with Gasteiger partial charge in [-0.25, -0.2) is 0 Å². The van der Waals surface area contributed by atoms with E-state index >= 15 is 0 Å². The Bertz CT molecular complexity index is 198. The number of unbranched alkanes of at least 4 members (excludes halogenated alkanes) is 1. The van der Waals surface area contributed by atoms with Gasteiger partial charge in [0.25, 0.3) is 0 Å². The summed E-state index contributed by atoms with van der Waals surface area (Å²) in [6.07, 6.45) is 3.69. The number of primary amides is 1. The van der Waals surface area contributed by atoms with Crippen molar-refractivity contribution in [3.05, 3.63) is 0 Å². The minimum absolute atomic E-state index is 0.191. The van der Waals surface area contributed by atoms with Crippen LogP contribution in [0.15, 0.2) is 0 Å². The molecule has 2 atom stereocenters. The van der Waals surface area contributed by atoms with Crippen molar-refractivity contribution in [2.75, 3.05) is 20.1 Å². The van der Waals surface area contributed by atoms with E-state index < -0.39 is 0 Å². The summed E-state index contributed by atoms with van der Waals surface area (Å²) >= 11 is 0. The molecule has 0 radical (unpaired) electrons. The summed E-state index contributed by atoms with van der Waals surface area (Å²) in [5.74, 6) is -0.191. The predicted octanol–water partition coefficient (Wildman–Crippen LogP) is 0.324. The normalized spacial score (nSPS) is 27.1. The number of likely N-dealkylation sites (tertiary alicyclic amines) is 1. The number of amides is 1. The van der Waals surface area contributed by atoms with Gasteiger partial charge in [-0.1, -0.05) is 0 Å². The van der Waals surface area contributed by atoms with Crippen molar-refractivity contribution in [1.29, 1.82) is 0 Å². The van der Waals surface area contributed by atoms with Gasteiger partial charge in [0.1, 0.15) is 0 Å². The lowest BCUT2D eigenvalue weighted by molar-refractivity contribution is -0.118. The van der Waals surface area contributed by atoms with Gasteiger partial charge in [0.2, 0.25) is 5.91 Å². The van der Waals surface area contributed by atoms with E-state index in [0.29, 0.717) is 18.5 Å². The Morgan fingerprint density at radius 2 is 2.27 bits per heavy atom. The van der Waals surface area contributed by atoms with Crippen LogP contribution < -0.4 is 11.1 Å². The van der Waals surface area contributed by atoms with Crippen LogP contribution in [0.5, 0.6) is 0 Å². The van der Waals surface area contributed by atoms with Crippen LogP contribution in [0.25, 0.3) is 0 Å². The average molecular weight is 213 g/mol. The molecule has 1 aliphatic heterocycles. The average Bonchev–Trinajstić information content (AvgIpc) is 2.45. The van der Waals surface area contributed by atoms with E-state index in [1.807, 2.05) is 0 Å². The fourth-order valence-electron chi connectivity index (χ4n) is 2.07. The maximum absolute atomic E-state index is 10.5. The SMILES string of the molecule is CC1CC(NCCCCC(N)=O)CN1C. The highest BCUT2D eigenvalue weighted by atomic mass is 16.1. The first kappa shape index (κ1) is 12.5. The maximum atomic E-state index is 10.5. The Kier molecular flexibility index (Phi) is 5.05. The maximum Gasteiger partial charge on any atom is 0.217 e. The lowest BCUT2D eigenvalue weighted by Gasteiger charge is -2.13. The molecule has 1 saturated heterocycles. The van der Waals surface area contributed by atoms with Gasteiger partial charge in [-0.2, -0.15) is 0 Å². The molecule has 0 saturated carbocycles. The zero-order valence-electron chi connectivity index (χ0n) is 9.83.